The third kappa shape index (κ3) is 4.21. The van der Waals surface area contributed by atoms with Crippen molar-refractivity contribution < 1.29 is 24.7 Å². The number of carbonyl (C=O) groups is 1. The van der Waals surface area contributed by atoms with Gasteiger partial charge in [0.15, 0.2) is 16.9 Å². The van der Waals surface area contributed by atoms with Crippen molar-refractivity contribution in [1.82, 2.24) is 0 Å². The lowest BCUT2D eigenvalue weighted by molar-refractivity contribution is -0.690. The van der Waals surface area contributed by atoms with Crippen LogP contribution in [0.4, 0.5) is 0 Å². The molecule has 1 aliphatic heterocycles. The van der Waals surface area contributed by atoms with Gasteiger partial charge in [-0.3, -0.25) is 0 Å². The fourth-order valence-corrected chi connectivity index (χ4v) is 4.13. The monoisotopic (exact) mass is 379 g/mol. The Kier molecular flexibility index (Phi) is 5.73. The molecule has 7 heteroatoms. The van der Waals surface area contributed by atoms with Gasteiger partial charge in [-0.1, -0.05) is 41.6 Å². The van der Waals surface area contributed by atoms with Gasteiger partial charge in [0.25, 0.3) is 0 Å². The summed E-state index contributed by atoms with van der Waals surface area (Å²) in [4.78, 5) is 11.0. The minimum Gasteiger partial charge on any atom is -0.544 e. The van der Waals surface area contributed by atoms with Crippen molar-refractivity contribution in [2.24, 2.45) is 0 Å². The van der Waals surface area contributed by atoms with E-state index in [1.54, 1.807) is 24.2 Å². The van der Waals surface area contributed by atoms with E-state index in [9.17, 15) is 9.90 Å². The zero-order valence-corrected chi connectivity index (χ0v) is 15.2. The van der Waals surface area contributed by atoms with Gasteiger partial charge in [-0.15, -0.1) is 0 Å². The summed E-state index contributed by atoms with van der Waals surface area (Å²) in [6.45, 7) is 0.340. The van der Waals surface area contributed by atoms with Crippen LogP contribution >= 0.6 is 23.4 Å². The van der Waals surface area contributed by atoms with Crippen molar-refractivity contribution in [1.29, 1.82) is 0 Å². The Morgan fingerprint density at radius 2 is 2.12 bits per heavy atom. The summed E-state index contributed by atoms with van der Waals surface area (Å²) in [6, 6.07) is 12.6. The number of ether oxygens (including phenoxy) is 2. The number of rotatable bonds is 6. The molecule has 2 aromatic rings. The van der Waals surface area contributed by atoms with Crippen LogP contribution in [-0.2, 0) is 11.4 Å². The Hall–Kier alpha value is -1.89. The molecular weight excluding hydrogens is 362 g/mol. The van der Waals surface area contributed by atoms with Crippen molar-refractivity contribution >= 4 is 29.3 Å². The SMILES string of the molecule is COc1cc([C@H]2[NH2+][C@H](C(=O)[O-])CS2)ccc1OCc1ccccc1Cl. The summed E-state index contributed by atoms with van der Waals surface area (Å²) < 4.78 is 11.3. The maximum absolute atomic E-state index is 11.0. The maximum atomic E-state index is 11.0. The number of thioether (sulfide) groups is 1. The van der Waals surface area contributed by atoms with Crippen LogP contribution in [0.15, 0.2) is 42.5 Å². The number of benzene rings is 2. The molecule has 25 heavy (non-hydrogen) atoms. The summed E-state index contributed by atoms with van der Waals surface area (Å²) in [5, 5.41) is 13.5. The van der Waals surface area contributed by atoms with Gasteiger partial charge >= 0.3 is 0 Å². The molecule has 0 spiro atoms. The molecule has 2 aromatic carbocycles. The normalized spacial score (nSPS) is 19.6. The van der Waals surface area contributed by atoms with E-state index in [1.807, 2.05) is 42.5 Å². The van der Waals surface area contributed by atoms with E-state index in [-0.39, 0.29) is 5.37 Å². The van der Waals surface area contributed by atoms with Crippen molar-refractivity contribution in [2.75, 3.05) is 12.9 Å². The number of hydrogen-bond donors (Lipinski definition) is 1. The van der Waals surface area contributed by atoms with Crippen LogP contribution in [0, 0.1) is 0 Å². The molecule has 2 N–H and O–H groups in total. The van der Waals surface area contributed by atoms with Crippen molar-refractivity contribution in [3.05, 3.63) is 58.6 Å². The van der Waals surface area contributed by atoms with Gasteiger partial charge in [-0.2, -0.15) is 0 Å². The van der Waals surface area contributed by atoms with E-state index in [4.69, 9.17) is 21.1 Å². The van der Waals surface area contributed by atoms with Crippen LogP contribution in [0.3, 0.4) is 0 Å². The predicted octanol–water partition coefficient (Wildman–Crippen LogP) is 1.35. The summed E-state index contributed by atoms with van der Waals surface area (Å²) in [5.74, 6) is 0.725. The Morgan fingerprint density at radius 1 is 1.32 bits per heavy atom. The highest BCUT2D eigenvalue weighted by molar-refractivity contribution is 7.99. The molecule has 2 atom stereocenters. The van der Waals surface area contributed by atoms with Crippen molar-refractivity contribution in [3.63, 3.8) is 0 Å². The summed E-state index contributed by atoms with van der Waals surface area (Å²) >= 11 is 7.72. The highest BCUT2D eigenvalue weighted by atomic mass is 35.5. The fourth-order valence-electron chi connectivity index (χ4n) is 2.63. The Morgan fingerprint density at radius 3 is 2.80 bits per heavy atom. The first-order valence-corrected chi connectivity index (χ1v) is 9.22. The van der Waals surface area contributed by atoms with Crippen molar-refractivity contribution in [2.45, 2.75) is 18.0 Å². The van der Waals surface area contributed by atoms with E-state index in [0.717, 1.165) is 11.1 Å². The molecular formula is C18H18ClNO4S. The van der Waals surface area contributed by atoms with Crippen LogP contribution in [0.2, 0.25) is 5.02 Å². The molecule has 1 fully saturated rings. The van der Waals surface area contributed by atoms with Gasteiger partial charge in [-0.25, -0.2) is 0 Å². The molecule has 0 aliphatic carbocycles. The maximum Gasteiger partial charge on any atom is 0.161 e. The van der Waals surface area contributed by atoms with E-state index >= 15 is 0 Å². The zero-order valence-electron chi connectivity index (χ0n) is 13.6. The Bertz CT molecular complexity index is 770. The first kappa shape index (κ1) is 17.9. The highest BCUT2D eigenvalue weighted by Crippen LogP contribution is 2.34. The Balaban J connectivity index is 1.72. The number of halogens is 1. The molecule has 132 valence electrons. The predicted molar refractivity (Wildman–Crippen MR) is 94.7 cm³/mol. The second kappa shape index (κ2) is 7.99. The molecule has 0 radical (unpaired) electrons. The summed E-state index contributed by atoms with van der Waals surface area (Å²) in [5.41, 5.74) is 1.88. The molecule has 1 saturated heterocycles. The number of carboxylic acid groups (broad SMARTS) is 1. The van der Waals surface area contributed by atoms with Crippen LogP contribution < -0.4 is 19.9 Å². The van der Waals surface area contributed by atoms with Gasteiger partial charge in [0, 0.05) is 16.1 Å². The third-order valence-electron chi connectivity index (χ3n) is 4.02. The lowest BCUT2D eigenvalue weighted by Crippen LogP contribution is -2.90. The quantitative estimate of drug-likeness (QED) is 0.820. The molecule has 0 bridgehead atoms. The largest absolute Gasteiger partial charge is 0.544 e. The average molecular weight is 380 g/mol. The molecule has 0 unspecified atom stereocenters. The van der Waals surface area contributed by atoms with Gasteiger partial charge in [0.1, 0.15) is 18.6 Å². The number of carbonyl (C=O) groups excluding carboxylic acids is 1. The van der Waals surface area contributed by atoms with Crippen LogP contribution in [0.5, 0.6) is 11.5 Å². The number of aliphatic carboxylic acids is 1. The molecule has 3 rings (SSSR count). The van der Waals surface area contributed by atoms with Gasteiger partial charge in [0.05, 0.1) is 12.9 Å². The molecule has 1 aliphatic rings. The minimum atomic E-state index is -1.03. The molecule has 5 nitrogen and oxygen atoms in total. The third-order valence-corrected chi connectivity index (χ3v) is 5.73. The van der Waals surface area contributed by atoms with E-state index < -0.39 is 12.0 Å². The second-order valence-corrected chi connectivity index (χ2v) is 7.24. The summed E-state index contributed by atoms with van der Waals surface area (Å²) in [7, 11) is 1.58. The molecule has 0 aromatic heterocycles. The van der Waals surface area contributed by atoms with Gasteiger partial charge in [-0.05, 0) is 24.3 Å². The average Bonchev–Trinajstić information content (AvgIpc) is 3.11. The summed E-state index contributed by atoms with van der Waals surface area (Å²) in [6.07, 6.45) is 0. The lowest BCUT2D eigenvalue weighted by atomic mass is 10.2. The fraction of sp³-hybridized carbons (Fsp3) is 0.278. The lowest BCUT2D eigenvalue weighted by Gasteiger charge is -2.15. The van der Waals surface area contributed by atoms with E-state index in [0.29, 0.717) is 28.9 Å². The van der Waals surface area contributed by atoms with E-state index in [2.05, 4.69) is 0 Å². The first-order valence-electron chi connectivity index (χ1n) is 7.80. The van der Waals surface area contributed by atoms with Gasteiger partial charge in [0.2, 0.25) is 0 Å². The van der Waals surface area contributed by atoms with Crippen molar-refractivity contribution in [3.8, 4) is 11.5 Å². The number of hydrogen-bond acceptors (Lipinski definition) is 5. The smallest absolute Gasteiger partial charge is 0.161 e. The molecule has 0 amide bonds. The number of methoxy groups -OCH3 is 1. The molecule has 0 saturated carbocycles. The first-order chi connectivity index (χ1) is 12.1. The number of nitrogens with two attached hydrogens (primary N) is 1. The molecule has 1 heterocycles. The van der Waals surface area contributed by atoms with Crippen LogP contribution in [0.1, 0.15) is 16.5 Å². The highest BCUT2D eigenvalue weighted by Gasteiger charge is 2.31. The zero-order chi connectivity index (χ0) is 17.8. The number of carboxylic acids is 1. The van der Waals surface area contributed by atoms with Crippen LogP contribution in [0.25, 0.3) is 0 Å². The topological polar surface area (TPSA) is 75.2 Å². The second-order valence-electron chi connectivity index (χ2n) is 5.66. The minimum absolute atomic E-state index is 0.00872. The van der Waals surface area contributed by atoms with Gasteiger partial charge < -0.3 is 24.7 Å². The standard InChI is InChI=1S/C18H18ClNO4S/c1-23-16-8-11(17-20-14(10-25-17)18(21)22)6-7-15(16)24-9-12-4-2-3-5-13(12)19/h2-8,14,17,20H,9-10H2,1H3,(H,21,22)/t14-,17-/m0/s1. The Labute approximate surface area is 155 Å². The van der Waals surface area contributed by atoms with E-state index in [1.165, 1.54) is 0 Å². The number of quaternary nitrogens is 1. The van der Waals surface area contributed by atoms with Crippen LogP contribution in [-0.4, -0.2) is 24.9 Å².